The van der Waals surface area contributed by atoms with Crippen molar-refractivity contribution < 1.29 is 18.0 Å². The fraction of sp³-hybridized carbons (Fsp3) is 0.476. The van der Waals surface area contributed by atoms with Crippen molar-refractivity contribution in [1.82, 2.24) is 19.2 Å². The number of nitrogens with zero attached hydrogens (tertiary/aromatic N) is 3. The first-order valence-electron chi connectivity index (χ1n) is 10.6. The van der Waals surface area contributed by atoms with E-state index in [2.05, 4.69) is 15.3 Å². The molecule has 1 unspecified atom stereocenters. The molecular weight excluding hydrogens is 418 g/mol. The van der Waals surface area contributed by atoms with Crippen LogP contribution in [0.15, 0.2) is 35.4 Å². The molecule has 9 nitrogen and oxygen atoms in total. The van der Waals surface area contributed by atoms with Crippen LogP contribution in [0.5, 0.6) is 0 Å². The lowest BCUT2D eigenvalue weighted by Crippen LogP contribution is -2.43. The van der Waals surface area contributed by atoms with Gasteiger partial charge in [0.25, 0.3) is 5.91 Å². The van der Waals surface area contributed by atoms with E-state index < -0.39 is 15.9 Å². The number of amides is 2. The van der Waals surface area contributed by atoms with Crippen LogP contribution in [0, 0.1) is 12.8 Å². The SMILES string of the molecule is Cc1cccc(NC(=O)C2CCCN(S(=O)(=O)c3c[nH]c(C(=O)N4CCCC4)c3)C2)n1. The molecule has 1 atom stereocenters. The standard InChI is InChI=1S/C21H27N5O4S/c1-15-6-4-8-19(23-15)24-20(27)16-7-5-11-26(14-16)31(29,30)17-12-18(22-13-17)21(28)25-9-2-3-10-25/h4,6,8,12-13,16,22H,2-3,5,7,9-11,14H2,1H3,(H,23,24,27). The number of anilines is 1. The first-order valence-corrected chi connectivity index (χ1v) is 12.0. The number of likely N-dealkylation sites (tertiary alicyclic amines) is 1. The number of H-pyrrole nitrogens is 1. The molecule has 0 radical (unpaired) electrons. The summed E-state index contributed by atoms with van der Waals surface area (Å²) in [6.45, 7) is 3.66. The highest BCUT2D eigenvalue weighted by molar-refractivity contribution is 7.89. The van der Waals surface area contributed by atoms with E-state index in [1.807, 2.05) is 19.1 Å². The number of sulfonamides is 1. The van der Waals surface area contributed by atoms with Crippen molar-refractivity contribution in [2.24, 2.45) is 5.92 Å². The molecule has 0 spiro atoms. The molecule has 4 heterocycles. The van der Waals surface area contributed by atoms with Crippen molar-refractivity contribution in [2.75, 3.05) is 31.5 Å². The summed E-state index contributed by atoms with van der Waals surface area (Å²) in [5.74, 6) is -0.423. The number of rotatable bonds is 5. The summed E-state index contributed by atoms with van der Waals surface area (Å²) < 4.78 is 27.6. The van der Waals surface area contributed by atoms with Gasteiger partial charge in [0.15, 0.2) is 0 Å². The van der Waals surface area contributed by atoms with Gasteiger partial charge in [0.05, 0.1) is 5.92 Å². The Hall–Kier alpha value is -2.72. The maximum atomic E-state index is 13.2. The number of carbonyl (C=O) groups excluding carboxylic acids is 2. The predicted molar refractivity (Wildman–Crippen MR) is 115 cm³/mol. The van der Waals surface area contributed by atoms with Crippen LogP contribution in [0.25, 0.3) is 0 Å². The first-order chi connectivity index (χ1) is 14.8. The number of aromatic nitrogens is 2. The molecule has 4 rings (SSSR count). The molecule has 0 aromatic carbocycles. The van der Waals surface area contributed by atoms with Crippen molar-refractivity contribution in [3.05, 3.63) is 41.9 Å². The third-order valence-corrected chi connectivity index (χ3v) is 7.66. The molecular formula is C21H27N5O4S. The Morgan fingerprint density at radius 3 is 2.68 bits per heavy atom. The number of piperidine rings is 1. The average molecular weight is 446 g/mol. The molecule has 2 fully saturated rings. The molecule has 166 valence electrons. The number of carbonyl (C=O) groups is 2. The van der Waals surface area contributed by atoms with Gasteiger partial charge in [-0.1, -0.05) is 6.07 Å². The minimum atomic E-state index is -3.81. The summed E-state index contributed by atoms with van der Waals surface area (Å²) in [6.07, 6.45) is 4.48. The van der Waals surface area contributed by atoms with E-state index in [1.54, 1.807) is 11.0 Å². The predicted octanol–water partition coefficient (Wildman–Crippen LogP) is 1.99. The molecule has 2 saturated heterocycles. The fourth-order valence-corrected chi connectivity index (χ4v) is 5.62. The number of aryl methyl sites for hydroxylation is 1. The number of hydrogen-bond acceptors (Lipinski definition) is 5. The fourth-order valence-electron chi connectivity index (χ4n) is 4.10. The number of aromatic amines is 1. The van der Waals surface area contributed by atoms with Crippen LogP contribution in [-0.2, 0) is 14.8 Å². The molecule has 2 aliphatic rings. The van der Waals surface area contributed by atoms with Crippen molar-refractivity contribution in [2.45, 2.75) is 37.5 Å². The Kier molecular flexibility index (Phi) is 6.10. The lowest BCUT2D eigenvalue weighted by molar-refractivity contribution is -0.120. The van der Waals surface area contributed by atoms with E-state index in [4.69, 9.17) is 0 Å². The Bertz CT molecular complexity index is 1070. The summed E-state index contributed by atoms with van der Waals surface area (Å²) in [7, 11) is -3.81. The molecule has 0 saturated carbocycles. The zero-order valence-corrected chi connectivity index (χ0v) is 18.3. The van der Waals surface area contributed by atoms with E-state index in [1.165, 1.54) is 16.6 Å². The summed E-state index contributed by atoms with van der Waals surface area (Å²) in [5, 5.41) is 2.79. The van der Waals surface area contributed by atoms with Crippen LogP contribution in [0.1, 0.15) is 41.9 Å². The average Bonchev–Trinajstić information content (AvgIpc) is 3.46. The maximum Gasteiger partial charge on any atom is 0.270 e. The normalized spacial score (nSPS) is 20.0. The molecule has 0 bridgehead atoms. The largest absolute Gasteiger partial charge is 0.356 e. The van der Waals surface area contributed by atoms with Crippen LogP contribution in [0.3, 0.4) is 0 Å². The van der Waals surface area contributed by atoms with Gasteiger partial charge < -0.3 is 15.2 Å². The number of nitrogens with one attached hydrogen (secondary N) is 2. The molecule has 2 aromatic rings. The van der Waals surface area contributed by atoms with Gasteiger partial charge in [0.1, 0.15) is 16.4 Å². The topological polar surface area (TPSA) is 115 Å². The zero-order chi connectivity index (χ0) is 22.0. The van der Waals surface area contributed by atoms with Crippen molar-refractivity contribution in [3.8, 4) is 0 Å². The van der Waals surface area contributed by atoms with E-state index in [0.29, 0.717) is 38.3 Å². The van der Waals surface area contributed by atoms with Gasteiger partial charge >= 0.3 is 0 Å². The van der Waals surface area contributed by atoms with Crippen LogP contribution < -0.4 is 5.32 Å². The van der Waals surface area contributed by atoms with Crippen molar-refractivity contribution in [1.29, 1.82) is 0 Å². The van der Waals surface area contributed by atoms with Crippen LogP contribution in [0.4, 0.5) is 5.82 Å². The van der Waals surface area contributed by atoms with Crippen LogP contribution >= 0.6 is 0 Å². The summed E-state index contributed by atoms with van der Waals surface area (Å²) >= 11 is 0. The maximum absolute atomic E-state index is 13.2. The van der Waals surface area contributed by atoms with Gasteiger partial charge in [-0.3, -0.25) is 9.59 Å². The van der Waals surface area contributed by atoms with E-state index in [0.717, 1.165) is 18.5 Å². The second kappa shape index (κ2) is 8.80. The van der Waals surface area contributed by atoms with Gasteiger partial charge in [-0.15, -0.1) is 0 Å². The van der Waals surface area contributed by atoms with E-state index in [-0.39, 0.29) is 28.9 Å². The van der Waals surface area contributed by atoms with Gasteiger partial charge in [-0.05, 0) is 50.8 Å². The second-order valence-electron chi connectivity index (χ2n) is 8.10. The molecule has 0 aliphatic carbocycles. The summed E-state index contributed by atoms with van der Waals surface area (Å²) in [4.78, 5) is 34.1. The summed E-state index contributed by atoms with van der Waals surface area (Å²) in [6, 6.07) is 6.75. The monoisotopic (exact) mass is 445 g/mol. The highest BCUT2D eigenvalue weighted by atomic mass is 32.2. The highest BCUT2D eigenvalue weighted by Crippen LogP contribution is 2.25. The molecule has 10 heteroatoms. The lowest BCUT2D eigenvalue weighted by atomic mass is 9.99. The van der Waals surface area contributed by atoms with E-state index >= 15 is 0 Å². The molecule has 31 heavy (non-hydrogen) atoms. The highest BCUT2D eigenvalue weighted by Gasteiger charge is 2.34. The first kappa shape index (κ1) is 21.5. The van der Waals surface area contributed by atoms with E-state index in [9.17, 15) is 18.0 Å². The molecule has 2 amide bonds. The Morgan fingerprint density at radius 1 is 1.16 bits per heavy atom. The zero-order valence-electron chi connectivity index (χ0n) is 17.5. The number of pyridine rings is 1. The van der Waals surface area contributed by atoms with Gasteiger partial charge in [0, 0.05) is 38.1 Å². The van der Waals surface area contributed by atoms with Gasteiger partial charge in [0.2, 0.25) is 15.9 Å². The smallest absolute Gasteiger partial charge is 0.270 e. The Labute approximate surface area is 181 Å². The Morgan fingerprint density at radius 2 is 1.94 bits per heavy atom. The lowest BCUT2D eigenvalue weighted by Gasteiger charge is -2.30. The molecule has 2 aromatic heterocycles. The van der Waals surface area contributed by atoms with Gasteiger partial charge in [-0.25, -0.2) is 13.4 Å². The third kappa shape index (κ3) is 4.64. The molecule has 2 N–H and O–H groups in total. The second-order valence-corrected chi connectivity index (χ2v) is 10.0. The summed E-state index contributed by atoms with van der Waals surface area (Å²) in [5.41, 5.74) is 1.06. The molecule has 2 aliphatic heterocycles. The van der Waals surface area contributed by atoms with Crippen molar-refractivity contribution in [3.63, 3.8) is 0 Å². The van der Waals surface area contributed by atoms with Crippen LogP contribution in [0.2, 0.25) is 0 Å². The quantitative estimate of drug-likeness (QED) is 0.730. The Balaban J connectivity index is 1.44. The minimum absolute atomic E-state index is 0.0523. The van der Waals surface area contributed by atoms with Crippen LogP contribution in [-0.4, -0.2) is 65.6 Å². The van der Waals surface area contributed by atoms with Gasteiger partial charge in [-0.2, -0.15) is 4.31 Å². The minimum Gasteiger partial charge on any atom is -0.356 e. The number of hydrogen-bond donors (Lipinski definition) is 2. The van der Waals surface area contributed by atoms with Crippen molar-refractivity contribution >= 4 is 27.7 Å². The third-order valence-electron chi connectivity index (χ3n) is 5.81.